The minimum atomic E-state index is -0.469. The van der Waals surface area contributed by atoms with Gasteiger partial charge in [-0.25, -0.2) is 0 Å². The van der Waals surface area contributed by atoms with Gasteiger partial charge in [-0.2, -0.15) is 0 Å². The number of methoxy groups -OCH3 is 1. The third-order valence-electron chi connectivity index (χ3n) is 4.53. The molecule has 2 aliphatic rings. The van der Waals surface area contributed by atoms with Crippen LogP contribution in [0.2, 0.25) is 0 Å². The fraction of sp³-hybridized carbons (Fsp3) is 0.875. The standard InChI is InChI=1S/C16H28N2O5/c1-22-11-15(20)17-13-6-5-12(23-14(13)10-19)9-16(21)18-7-3-2-4-8-18/h12-14,19H,2-11H2,1H3,(H,17,20)/t12-,13-,14-/m1/s1. The number of piperidine rings is 1. The number of aliphatic hydroxyl groups is 1. The van der Waals surface area contributed by atoms with Crippen molar-refractivity contribution in [1.29, 1.82) is 0 Å². The van der Waals surface area contributed by atoms with Gasteiger partial charge in [-0.1, -0.05) is 0 Å². The molecule has 2 N–H and O–H groups in total. The second kappa shape index (κ2) is 9.20. The van der Waals surface area contributed by atoms with Gasteiger partial charge >= 0.3 is 0 Å². The molecule has 0 aromatic rings. The van der Waals surface area contributed by atoms with Crippen LogP contribution in [0, 0.1) is 0 Å². The Balaban J connectivity index is 1.80. The van der Waals surface area contributed by atoms with Gasteiger partial charge in [0.25, 0.3) is 0 Å². The van der Waals surface area contributed by atoms with E-state index in [2.05, 4.69) is 5.32 Å². The van der Waals surface area contributed by atoms with E-state index in [1.165, 1.54) is 13.5 Å². The Labute approximate surface area is 137 Å². The predicted molar refractivity (Wildman–Crippen MR) is 83.8 cm³/mol. The van der Waals surface area contributed by atoms with E-state index in [4.69, 9.17) is 9.47 Å². The van der Waals surface area contributed by atoms with Crippen LogP contribution in [-0.4, -0.2) is 73.5 Å². The molecule has 0 aromatic heterocycles. The smallest absolute Gasteiger partial charge is 0.246 e. The number of amides is 2. The number of carbonyl (C=O) groups is 2. The van der Waals surface area contributed by atoms with E-state index in [1.54, 1.807) is 0 Å². The Bertz CT molecular complexity index is 398. The number of ether oxygens (including phenoxy) is 2. The number of hydrogen-bond donors (Lipinski definition) is 2. The molecule has 23 heavy (non-hydrogen) atoms. The van der Waals surface area contributed by atoms with Gasteiger partial charge in [0.05, 0.1) is 25.2 Å². The molecular formula is C16H28N2O5. The zero-order valence-electron chi connectivity index (χ0n) is 13.8. The molecule has 7 heteroatoms. The van der Waals surface area contributed by atoms with Crippen LogP contribution in [0.4, 0.5) is 0 Å². The zero-order chi connectivity index (χ0) is 16.7. The van der Waals surface area contributed by atoms with Crippen molar-refractivity contribution in [3.8, 4) is 0 Å². The lowest BCUT2D eigenvalue weighted by atomic mass is 9.96. The monoisotopic (exact) mass is 328 g/mol. The summed E-state index contributed by atoms with van der Waals surface area (Å²) in [6, 6.07) is -0.232. The summed E-state index contributed by atoms with van der Waals surface area (Å²) in [5, 5.41) is 12.3. The van der Waals surface area contributed by atoms with Gasteiger partial charge in [-0.15, -0.1) is 0 Å². The van der Waals surface area contributed by atoms with Crippen LogP contribution in [0.15, 0.2) is 0 Å². The second-order valence-corrected chi connectivity index (χ2v) is 6.31. The third-order valence-corrected chi connectivity index (χ3v) is 4.53. The minimum Gasteiger partial charge on any atom is -0.394 e. The van der Waals surface area contributed by atoms with Crippen molar-refractivity contribution in [3.05, 3.63) is 0 Å². The molecule has 2 rings (SSSR count). The molecule has 3 atom stereocenters. The fourth-order valence-corrected chi connectivity index (χ4v) is 3.29. The molecule has 2 heterocycles. The highest BCUT2D eigenvalue weighted by Gasteiger charge is 2.33. The molecule has 2 amide bonds. The number of hydrogen-bond acceptors (Lipinski definition) is 5. The Morgan fingerprint density at radius 1 is 1.26 bits per heavy atom. The maximum Gasteiger partial charge on any atom is 0.246 e. The summed E-state index contributed by atoms with van der Waals surface area (Å²) in [4.78, 5) is 25.8. The lowest BCUT2D eigenvalue weighted by Crippen LogP contribution is -2.52. The Morgan fingerprint density at radius 2 is 2.00 bits per heavy atom. The van der Waals surface area contributed by atoms with Gasteiger partial charge < -0.3 is 24.8 Å². The van der Waals surface area contributed by atoms with Crippen molar-refractivity contribution in [2.45, 2.75) is 56.8 Å². The highest BCUT2D eigenvalue weighted by atomic mass is 16.5. The summed E-state index contributed by atoms with van der Waals surface area (Å²) in [5.41, 5.74) is 0. The summed E-state index contributed by atoms with van der Waals surface area (Å²) in [6.45, 7) is 1.49. The van der Waals surface area contributed by atoms with Crippen molar-refractivity contribution in [3.63, 3.8) is 0 Å². The van der Waals surface area contributed by atoms with Gasteiger partial charge in [0.1, 0.15) is 12.7 Å². The van der Waals surface area contributed by atoms with Gasteiger partial charge in [-0.3, -0.25) is 9.59 Å². The molecule has 2 aliphatic heterocycles. The first-order valence-corrected chi connectivity index (χ1v) is 8.46. The first kappa shape index (κ1) is 18.2. The van der Waals surface area contributed by atoms with Gasteiger partial charge in [-0.05, 0) is 32.1 Å². The Kier molecular flexibility index (Phi) is 7.26. The number of rotatable bonds is 6. The molecule has 2 saturated heterocycles. The van der Waals surface area contributed by atoms with Crippen LogP contribution in [-0.2, 0) is 19.1 Å². The lowest BCUT2D eigenvalue weighted by molar-refractivity contribution is -0.144. The summed E-state index contributed by atoms with van der Waals surface area (Å²) in [7, 11) is 1.46. The van der Waals surface area contributed by atoms with Crippen molar-refractivity contribution in [2.75, 3.05) is 33.4 Å². The van der Waals surface area contributed by atoms with E-state index >= 15 is 0 Å². The van der Waals surface area contributed by atoms with Crippen LogP contribution < -0.4 is 5.32 Å². The molecule has 0 saturated carbocycles. The SMILES string of the molecule is COCC(=O)N[C@@H]1CC[C@H](CC(=O)N2CCCCC2)O[C@@H]1CO. The van der Waals surface area contributed by atoms with Crippen LogP contribution in [0.3, 0.4) is 0 Å². The summed E-state index contributed by atoms with van der Waals surface area (Å²) in [5.74, 6) is -0.0874. The number of carbonyl (C=O) groups excluding carboxylic acids is 2. The van der Waals surface area contributed by atoms with Crippen LogP contribution in [0.25, 0.3) is 0 Å². The van der Waals surface area contributed by atoms with Crippen LogP contribution in [0.1, 0.15) is 38.5 Å². The summed E-state index contributed by atoms with van der Waals surface area (Å²) < 4.78 is 10.6. The molecule has 0 aliphatic carbocycles. The normalized spacial score (nSPS) is 28.4. The highest BCUT2D eigenvalue weighted by Crippen LogP contribution is 2.23. The highest BCUT2D eigenvalue weighted by molar-refractivity contribution is 5.78. The van der Waals surface area contributed by atoms with Crippen molar-refractivity contribution in [2.24, 2.45) is 0 Å². The van der Waals surface area contributed by atoms with Gasteiger partial charge in [0, 0.05) is 20.2 Å². The van der Waals surface area contributed by atoms with Crippen LogP contribution >= 0.6 is 0 Å². The van der Waals surface area contributed by atoms with E-state index < -0.39 is 6.10 Å². The molecule has 0 radical (unpaired) electrons. The zero-order valence-corrected chi connectivity index (χ0v) is 13.8. The van der Waals surface area contributed by atoms with E-state index in [9.17, 15) is 14.7 Å². The average Bonchev–Trinajstić information content (AvgIpc) is 2.57. The number of aliphatic hydroxyl groups excluding tert-OH is 1. The van der Waals surface area contributed by atoms with E-state index in [-0.39, 0.29) is 37.2 Å². The first-order valence-electron chi connectivity index (χ1n) is 8.46. The first-order chi connectivity index (χ1) is 11.1. The fourth-order valence-electron chi connectivity index (χ4n) is 3.29. The van der Waals surface area contributed by atoms with E-state index in [0.717, 1.165) is 25.9 Å². The summed E-state index contributed by atoms with van der Waals surface area (Å²) in [6.07, 6.45) is 4.44. The van der Waals surface area contributed by atoms with Crippen molar-refractivity contribution < 1.29 is 24.2 Å². The van der Waals surface area contributed by atoms with Crippen molar-refractivity contribution in [1.82, 2.24) is 10.2 Å². The average molecular weight is 328 g/mol. The van der Waals surface area contributed by atoms with Crippen LogP contribution in [0.5, 0.6) is 0 Å². The molecule has 0 aromatic carbocycles. The molecule has 2 fully saturated rings. The molecule has 0 spiro atoms. The predicted octanol–water partition coefficient (Wildman–Crippen LogP) is 0.0601. The van der Waals surface area contributed by atoms with E-state index in [0.29, 0.717) is 19.3 Å². The van der Waals surface area contributed by atoms with E-state index in [1.807, 2.05) is 4.90 Å². The minimum absolute atomic E-state index is 0.00841. The maximum absolute atomic E-state index is 12.3. The second-order valence-electron chi connectivity index (χ2n) is 6.31. The topological polar surface area (TPSA) is 88.1 Å². The lowest BCUT2D eigenvalue weighted by Gasteiger charge is -2.37. The molecule has 7 nitrogen and oxygen atoms in total. The number of nitrogens with zero attached hydrogens (tertiary/aromatic N) is 1. The molecular weight excluding hydrogens is 300 g/mol. The van der Waals surface area contributed by atoms with Gasteiger partial charge in [0.15, 0.2) is 0 Å². The molecule has 0 bridgehead atoms. The number of likely N-dealkylation sites (tertiary alicyclic amines) is 1. The Morgan fingerprint density at radius 3 is 2.65 bits per heavy atom. The molecule has 0 unspecified atom stereocenters. The third kappa shape index (κ3) is 5.44. The summed E-state index contributed by atoms with van der Waals surface area (Å²) >= 11 is 0. The molecule has 132 valence electrons. The maximum atomic E-state index is 12.3. The number of nitrogens with one attached hydrogen (secondary N) is 1. The van der Waals surface area contributed by atoms with Crippen molar-refractivity contribution >= 4 is 11.8 Å². The largest absolute Gasteiger partial charge is 0.394 e. The quantitative estimate of drug-likeness (QED) is 0.720. The van der Waals surface area contributed by atoms with Gasteiger partial charge in [0.2, 0.25) is 11.8 Å². The Hall–Kier alpha value is -1.18.